The van der Waals surface area contributed by atoms with Gasteiger partial charge in [-0.2, -0.15) is 0 Å². The molecule has 0 bridgehead atoms. The molecule has 2 heterocycles. The fraction of sp³-hybridized carbons (Fsp3) is 0.706. The second-order valence-electron chi connectivity index (χ2n) is 7.57. The van der Waals surface area contributed by atoms with Gasteiger partial charge in [0.2, 0.25) is 5.91 Å². The highest BCUT2D eigenvalue weighted by molar-refractivity contribution is 5.93. The smallest absolute Gasteiger partial charge is 0.276 e. The first-order valence-electron chi connectivity index (χ1n) is 8.37. The molecule has 0 atom stereocenters. The van der Waals surface area contributed by atoms with Crippen LogP contribution in [0, 0.1) is 5.92 Å². The van der Waals surface area contributed by atoms with E-state index in [1.54, 1.807) is 6.07 Å². The monoisotopic (exact) mass is 319 g/mol. The summed E-state index contributed by atoms with van der Waals surface area (Å²) in [4.78, 5) is 28.8. The zero-order valence-corrected chi connectivity index (χ0v) is 14.3. The molecule has 1 aromatic rings. The Labute approximate surface area is 136 Å². The first kappa shape index (κ1) is 16.0. The molecule has 0 spiro atoms. The number of amides is 2. The van der Waals surface area contributed by atoms with Gasteiger partial charge in [0.05, 0.1) is 5.54 Å². The van der Waals surface area contributed by atoms with E-state index < -0.39 is 5.54 Å². The topological polar surface area (TPSA) is 66.7 Å². The van der Waals surface area contributed by atoms with Gasteiger partial charge in [0.15, 0.2) is 5.69 Å². The molecule has 1 aliphatic heterocycles. The van der Waals surface area contributed by atoms with Crippen molar-refractivity contribution in [3.8, 4) is 0 Å². The normalized spacial score (nSPS) is 20.9. The molecule has 2 fully saturated rings. The van der Waals surface area contributed by atoms with Gasteiger partial charge in [-0.3, -0.25) is 9.59 Å². The minimum Gasteiger partial charge on any atom is -0.360 e. The Kier molecular flexibility index (Phi) is 3.94. The maximum atomic E-state index is 12.8. The highest BCUT2D eigenvalue weighted by Gasteiger charge is 2.42. The quantitative estimate of drug-likeness (QED) is 0.857. The second-order valence-corrected chi connectivity index (χ2v) is 7.57. The van der Waals surface area contributed by atoms with Gasteiger partial charge in [0.1, 0.15) is 5.76 Å². The highest BCUT2D eigenvalue weighted by Crippen LogP contribution is 2.33. The minimum atomic E-state index is -0.406. The molecule has 0 unspecified atom stereocenters. The van der Waals surface area contributed by atoms with Crippen LogP contribution < -0.4 is 0 Å². The lowest BCUT2D eigenvalue weighted by Gasteiger charge is -2.46. The number of carbonyl (C=O) groups excluding carboxylic acids is 2. The van der Waals surface area contributed by atoms with Crippen LogP contribution in [0.1, 0.15) is 62.7 Å². The number of hydrogen-bond acceptors (Lipinski definition) is 4. The lowest BCUT2D eigenvalue weighted by atomic mass is 9.97. The van der Waals surface area contributed by atoms with E-state index in [2.05, 4.69) is 5.16 Å². The molecule has 0 aromatic carbocycles. The summed E-state index contributed by atoms with van der Waals surface area (Å²) >= 11 is 0. The number of piperazine rings is 1. The molecule has 1 saturated carbocycles. The van der Waals surface area contributed by atoms with Crippen LogP contribution in [0.15, 0.2) is 10.6 Å². The Balaban J connectivity index is 1.72. The van der Waals surface area contributed by atoms with Crippen molar-refractivity contribution in [2.45, 2.75) is 52.0 Å². The van der Waals surface area contributed by atoms with Crippen molar-refractivity contribution in [3.05, 3.63) is 17.5 Å². The number of nitrogens with zero attached hydrogens (tertiary/aromatic N) is 3. The average Bonchev–Trinajstić information content (AvgIpc) is 3.20. The summed E-state index contributed by atoms with van der Waals surface area (Å²) in [6.07, 6.45) is 2.02. The van der Waals surface area contributed by atoms with Crippen LogP contribution in [0.4, 0.5) is 0 Å². The molecule has 126 valence electrons. The van der Waals surface area contributed by atoms with Crippen molar-refractivity contribution in [2.75, 3.05) is 19.6 Å². The standard InChI is InChI=1S/C17H25N3O3/c1-11(2)14-9-13(18-23-14)16(22)20-8-7-19(10-17(20,3)4)15(21)12-5-6-12/h9,11-12H,5-8,10H2,1-4H3. The lowest BCUT2D eigenvalue weighted by Crippen LogP contribution is -2.62. The van der Waals surface area contributed by atoms with E-state index in [0.717, 1.165) is 12.8 Å². The van der Waals surface area contributed by atoms with E-state index in [0.29, 0.717) is 31.1 Å². The fourth-order valence-corrected chi connectivity index (χ4v) is 3.11. The van der Waals surface area contributed by atoms with Crippen LogP contribution in [-0.2, 0) is 4.79 Å². The van der Waals surface area contributed by atoms with Gasteiger partial charge in [-0.1, -0.05) is 19.0 Å². The Bertz CT molecular complexity index is 616. The first-order valence-corrected chi connectivity index (χ1v) is 8.37. The van der Waals surface area contributed by atoms with E-state index in [1.807, 2.05) is 37.5 Å². The third-order valence-corrected chi connectivity index (χ3v) is 4.70. The van der Waals surface area contributed by atoms with E-state index in [9.17, 15) is 9.59 Å². The number of aromatic nitrogens is 1. The molecule has 6 nitrogen and oxygen atoms in total. The van der Waals surface area contributed by atoms with Crippen LogP contribution in [0.5, 0.6) is 0 Å². The van der Waals surface area contributed by atoms with Gasteiger partial charge in [0, 0.05) is 37.5 Å². The van der Waals surface area contributed by atoms with Crippen molar-refractivity contribution in [3.63, 3.8) is 0 Å². The zero-order valence-electron chi connectivity index (χ0n) is 14.3. The van der Waals surface area contributed by atoms with E-state index >= 15 is 0 Å². The van der Waals surface area contributed by atoms with Gasteiger partial charge < -0.3 is 14.3 Å². The fourth-order valence-electron chi connectivity index (χ4n) is 3.11. The molecule has 1 aliphatic carbocycles. The maximum absolute atomic E-state index is 12.8. The van der Waals surface area contributed by atoms with Crippen LogP contribution in [-0.4, -0.2) is 51.9 Å². The molecule has 0 N–H and O–H groups in total. The van der Waals surface area contributed by atoms with E-state index in [1.165, 1.54) is 0 Å². The van der Waals surface area contributed by atoms with Gasteiger partial charge in [0.25, 0.3) is 5.91 Å². The summed E-state index contributed by atoms with van der Waals surface area (Å²) < 4.78 is 5.24. The predicted molar refractivity (Wildman–Crippen MR) is 85.0 cm³/mol. The zero-order chi connectivity index (χ0) is 16.8. The maximum Gasteiger partial charge on any atom is 0.276 e. The first-order chi connectivity index (χ1) is 10.8. The highest BCUT2D eigenvalue weighted by atomic mass is 16.5. The van der Waals surface area contributed by atoms with Crippen LogP contribution in [0.2, 0.25) is 0 Å². The average molecular weight is 319 g/mol. The molecule has 3 rings (SSSR count). The molecular weight excluding hydrogens is 294 g/mol. The van der Waals surface area contributed by atoms with Crippen molar-refractivity contribution < 1.29 is 14.1 Å². The Morgan fingerprint density at radius 3 is 2.52 bits per heavy atom. The van der Waals surface area contributed by atoms with Crippen molar-refractivity contribution >= 4 is 11.8 Å². The van der Waals surface area contributed by atoms with E-state index in [-0.39, 0.29) is 23.7 Å². The van der Waals surface area contributed by atoms with Crippen LogP contribution in [0.25, 0.3) is 0 Å². The molecule has 0 radical (unpaired) electrons. The third-order valence-electron chi connectivity index (χ3n) is 4.70. The number of hydrogen-bond donors (Lipinski definition) is 0. The molecule has 1 saturated heterocycles. The summed E-state index contributed by atoms with van der Waals surface area (Å²) in [5.74, 6) is 1.26. The number of rotatable bonds is 3. The van der Waals surface area contributed by atoms with Crippen LogP contribution in [0.3, 0.4) is 0 Å². The predicted octanol–water partition coefficient (Wildman–Crippen LogP) is 2.27. The third kappa shape index (κ3) is 3.12. The Morgan fingerprint density at radius 1 is 1.30 bits per heavy atom. The van der Waals surface area contributed by atoms with Gasteiger partial charge >= 0.3 is 0 Å². The largest absolute Gasteiger partial charge is 0.360 e. The number of carbonyl (C=O) groups is 2. The lowest BCUT2D eigenvalue weighted by molar-refractivity contribution is -0.136. The minimum absolute atomic E-state index is 0.121. The summed E-state index contributed by atoms with van der Waals surface area (Å²) in [6, 6.07) is 1.73. The summed E-state index contributed by atoms with van der Waals surface area (Å²) in [5, 5.41) is 3.92. The van der Waals surface area contributed by atoms with Crippen molar-refractivity contribution in [1.29, 1.82) is 0 Å². The molecular formula is C17H25N3O3. The van der Waals surface area contributed by atoms with E-state index in [4.69, 9.17) is 4.52 Å². The molecule has 23 heavy (non-hydrogen) atoms. The summed E-state index contributed by atoms with van der Waals surface area (Å²) in [6.45, 7) is 9.71. The molecule has 6 heteroatoms. The van der Waals surface area contributed by atoms with Crippen LogP contribution >= 0.6 is 0 Å². The van der Waals surface area contributed by atoms with Gasteiger partial charge in [-0.15, -0.1) is 0 Å². The van der Waals surface area contributed by atoms with Gasteiger partial charge in [-0.05, 0) is 26.7 Å². The van der Waals surface area contributed by atoms with Crippen molar-refractivity contribution in [1.82, 2.24) is 15.0 Å². The molecule has 2 amide bonds. The Morgan fingerprint density at radius 2 is 2.00 bits per heavy atom. The summed E-state index contributed by atoms with van der Waals surface area (Å²) in [5.41, 5.74) is -0.0552. The Hall–Kier alpha value is -1.85. The van der Waals surface area contributed by atoms with Gasteiger partial charge in [-0.25, -0.2) is 0 Å². The molecule has 1 aromatic heterocycles. The summed E-state index contributed by atoms with van der Waals surface area (Å²) in [7, 11) is 0. The van der Waals surface area contributed by atoms with Crippen molar-refractivity contribution in [2.24, 2.45) is 5.92 Å². The SMILES string of the molecule is CC(C)c1cc(C(=O)N2CCN(C(=O)C3CC3)CC2(C)C)no1. The molecule has 2 aliphatic rings. The second kappa shape index (κ2) is 5.65.